The third-order valence-corrected chi connectivity index (χ3v) is 6.59. The van der Waals surface area contributed by atoms with Gasteiger partial charge in [-0.3, -0.25) is 9.59 Å². The average molecular weight is 514 g/mol. The maximum atomic E-state index is 13.5. The van der Waals surface area contributed by atoms with Crippen molar-refractivity contribution in [2.24, 2.45) is 0 Å². The lowest BCUT2D eigenvalue weighted by molar-refractivity contribution is -0.140. The molecule has 1 fully saturated rings. The molecule has 3 aromatic rings. The summed E-state index contributed by atoms with van der Waals surface area (Å²) in [4.78, 5) is 40.4. The summed E-state index contributed by atoms with van der Waals surface area (Å²) in [5, 5.41) is 11.6. The minimum Gasteiger partial charge on any atom is -0.507 e. The van der Waals surface area contributed by atoms with Crippen molar-refractivity contribution in [1.29, 1.82) is 0 Å². The largest absolute Gasteiger partial charge is 0.507 e. The second-order valence-electron chi connectivity index (χ2n) is 9.42. The summed E-state index contributed by atoms with van der Waals surface area (Å²) < 4.78 is 10.6. The fraction of sp³-hybridized carbons (Fsp3) is 0.258. The number of amides is 1. The van der Waals surface area contributed by atoms with Gasteiger partial charge >= 0.3 is 5.97 Å². The van der Waals surface area contributed by atoms with Crippen molar-refractivity contribution in [3.8, 4) is 5.75 Å². The molecule has 0 aliphatic carbocycles. The third-order valence-electron chi connectivity index (χ3n) is 6.59. The van der Waals surface area contributed by atoms with E-state index in [0.29, 0.717) is 22.4 Å². The van der Waals surface area contributed by atoms with Crippen molar-refractivity contribution in [3.05, 3.63) is 105 Å². The van der Waals surface area contributed by atoms with E-state index >= 15 is 0 Å². The van der Waals surface area contributed by atoms with E-state index in [0.717, 1.165) is 22.3 Å². The molecule has 1 atom stereocenters. The molecule has 1 unspecified atom stereocenters. The van der Waals surface area contributed by atoms with Gasteiger partial charge in [-0.1, -0.05) is 48.0 Å². The van der Waals surface area contributed by atoms with Crippen molar-refractivity contribution in [2.75, 3.05) is 13.7 Å². The zero-order valence-corrected chi connectivity index (χ0v) is 22.2. The second-order valence-corrected chi connectivity index (χ2v) is 9.42. The van der Waals surface area contributed by atoms with Gasteiger partial charge in [-0.05, 0) is 68.1 Å². The van der Waals surface area contributed by atoms with Crippen LogP contribution in [0.25, 0.3) is 5.76 Å². The number of carbonyl (C=O) groups excluding carboxylic acids is 3. The summed E-state index contributed by atoms with van der Waals surface area (Å²) in [6.07, 6.45) is 0. The second kappa shape index (κ2) is 10.9. The first kappa shape index (κ1) is 26.7. The quantitative estimate of drug-likeness (QED) is 0.196. The van der Waals surface area contributed by atoms with E-state index in [1.807, 2.05) is 51.1 Å². The number of methoxy groups -OCH3 is 1. The van der Waals surface area contributed by atoms with E-state index in [4.69, 9.17) is 9.47 Å². The molecule has 1 amide bonds. The molecule has 38 heavy (non-hydrogen) atoms. The number of Topliss-reactive ketones (excluding diaryl/α,β-unsaturated/α-hetero) is 1. The molecular formula is C31H31NO6. The first-order valence-corrected chi connectivity index (χ1v) is 12.4. The fourth-order valence-electron chi connectivity index (χ4n) is 4.93. The SMILES string of the molecule is CCOC(=O)c1ccc(CN2C(=O)C(=O)/C(=C(/O)c3cc(C)cc(C)c3OC)C2c2cccc(C)c2)cc1. The highest BCUT2D eigenvalue weighted by atomic mass is 16.5. The minimum absolute atomic E-state index is 0.00652. The normalized spacial score (nSPS) is 16.6. The number of carbonyl (C=O) groups is 3. The van der Waals surface area contributed by atoms with Crippen LogP contribution in [0.3, 0.4) is 0 Å². The maximum absolute atomic E-state index is 13.5. The van der Waals surface area contributed by atoms with Crippen LogP contribution in [0, 0.1) is 20.8 Å². The Kier molecular flexibility index (Phi) is 7.67. The smallest absolute Gasteiger partial charge is 0.338 e. The number of rotatable bonds is 7. The molecule has 0 spiro atoms. The monoisotopic (exact) mass is 513 g/mol. The maximum Gasteiger partial charge on any atom is 0.338 e. The van der Waals surface area contributed by atoms with Gasteiger partial charge in [0.2, 0.25) is 0 Å². The average Bonchev–Trinajstić information content (AvgIpc) is 3.13. The van der Waals surface area contributed by atoms with Gasteiger partial charge in [0.15, 0.2) is 0 Å². The van der Waals surface area contributed by atoms with E-state index in [9.17, 15) is 19.5 Å². The van der Waals surface area contributed by atoms with Gasteiger partial charge in [0.25, 0.3) is 11.7 Å². The summed E-state index contributed by atoms with van der Waals surface area (Å²) in [6, 6.07) is 17.1. The molecule has 0 aromatic heterocycles. The van der Waals surface area contributed by atoms with Crippen LogP contribution in [0.5, 0.6) is 5.75 Å². The zero-order valence-electron chi connectivity index (χ0n) is 22.2. The molecule has 1 saturated heterocycles. The van der Waals surface area contributed by atoms with Gasteiger partial charge in [-0.25, -0.2) is 4.79 Å². The summed E-state index contributed by atoms with van der Waals surface area (Å²) in [7, 11) is 1.50. The van der Waals surface area contributed by atoms with Crippen LogP contribution in [0.1, 0.15) is 56.7 Å². The molecule has 7 nitrogen and oxygen atoms in total. The van der Waals surface area contributed by atoms with Crippen molar-refractivity contribution >= 4 is 23.4 Å². The first-order valence-electron chi connectivity index (χ1n) is 12.4. The third kappa shape index (κ3) is 5.05. The molecule has 1 N–H and O–H groups in total. The molecule has 0 radical (unpaired) electrons. The number of esters is 1. The summed E-state index contributed by atoms with van der Waals surface area (Å²) in [5.41, 5.74) is 4.83. The zero-order chi connectivity index (χ0) is 27.6. The molecule has 3 aromatic carbocycles. The first-order chi connectivity index (χ1) is 18.2. The van der Waals surface area contributed by atoms with E-state index in [1.54, 1.807) is 37.3 Å². The van der Waals surface area contributed by atoms with Crippen LogP contribution in [0.4, 0.5) is 0 Å². The molecule has 0 saturated carbocycles. The van der Waals surface area contributed by atoms with Crippen molar-refractivity contribution in [2.45, 2.75) is 40.3 Å². The molecule has 1 heterocycles. The number of nitrogens with zero attached hydrogens (tertiary/aromatic N) is 1. The number of hydrogen-bond acceptors (Lipinski definition) is 6. The molecule has 0 bridgehead atoms. The van der Waals surface area contributed by atoms with Gasteiger partial charge in [-0.2, -0.15) is 0 Å². The van der Waals surface area contributed by atoms with Gasteiger partial charge in [-0.15, -0.1) is 0 Å². The van der Waals surface area contributed by atoms with Gasteiger partial charge in [0.05, 0.1) is 36.5 Å². The molecule has 7 heteroatoms. The Bertz CT molecular complexity index is 1440. The van der Waals surface area contributed by atoms with E-state index in [1.165, 1.54) is 12.0 Å². The van der Waals surface area contributed by atoms with Crippen LogP contribution < -0.4 is 4.74 Å². The predicted octanol–water partition coefficient (Wildman–Crippen LogP) is 5.42. The van der Waals surface area contributed by atoms with Crippen LogP contribution in [-0.2, 0) is 20.9 Å². The van der Waals surface area contributed by atoms with Crippen LogP contribution in [0.2, 0.25) is 0 Å². The summed E-state index contributed by atoms with van der Waals surface area (Å²) in [6.45, 7) is 7.79. The van der Waals surface area contributed by atoms with E-state index in [2.05, 4.69) is 0 Å². The molecule has 1 aliphatic heterocycles. The van der Waals surface area contributed by atoms with Gasteiger partial charge in [0, 0.05) is 6.54 Å². The topological polar surface area (TPSA) is 93.1 Å². The van der Waals surface area contributed by atoms with Crippen molar-refractivity contribution < 1.29 is 29.0 Å². The highest BCUT2D eigenvalue weighted by Gasteiger charge is 2.46. The summed E-state index contributed by atoms with van der Waals surface area (Å²) in [5.74, 6) is -1.74. The Morgan fingerprint density at radius 1 is 0.974 bits per heavy atom. The fourth-order valence-corrected chi connectivity index (χ4v) is 4.93. The molecule has 1 aliphatic rings. The Morgan fingerprint density at radius 3 is 2.32 bits per heavy atom. The number of ether oxygens (including phenoxy) is 2. The number of aliphatic hydroxyl groups excluding tert-OH is 1. The highest BCUT2D eigenvalue weighted by Crippen LogP contribution is 2.42. The number of aryl methyl sites for hydroxylation is 3. The number of ketones is 1. The van der Waals surface area contributed by atoms with E-state index < -0.39 is 23.7 Å². The standard InChI is InChI=1S/C31H31NO6/c1-6-38-31(36)22-12-10-21(11-13-22)17-32-26(23-9-7-8-18(2)15-23)25(28(34)30(32)35)27(33)24-16-19(3)14-20(4)29(24)37-5/h7-16,26,33H,6,17H2,1-5H3/b27-25+. The van der Waals surface area contributed by atoms with E-state index in [-0.39, 0.29) is 24.5 Å². The number of aliphatic hydroxyl groups is 1. The minimum atomic E-state index is -0.815. The summed E-state index contributed by atoms with van der Waals surface area (Å²) >= 11 is 0. The number of likely N-dealkylation sites (tertiary alicyclic amines) is 1. The Balaban J connectivity index is 1.84. The van der Waals surface area contributed by atoms with Crippen LogP contribution in [-0.4, -0.2) is 41.4 Å². The van der Waals surface area contributed by atoms with Gasteiger partial charge in [0.1, 0.15) is 11.5 Å². The lowest BCUT2D eigenvalue weighted by atomic mass is 9.93. The molecule has 196 valence electrons. The lowest BCUT2D eigenvalue weighted by Crippen LogP contribution is -2.29. The van der Waals surface area contributed by atoms with Gasteiger partial charge < -0.3 is 19.5 Å². The highest BCUT2D eigenvalue weighted by molar-refractivity contribution is 6.46. The number of benzene rings is 3. The van der Waals surface area contributed by atoms with Crippen LogP contribution >= 0.6 is 0 Å². The molecular weight excluding hydrogens is 482 g/mol. The Morgan fingerprint density at radius 2 is 1.68 bits per heavy atom. The Labute approximate surface area is 222 Å². The van der Waals surface area contributed by atoms with Crippen molar-refractivity contribution in [3.63, 3.8) is 0 Å². The number of hydrogen-bond donors (Lipinski definition) is 1. The lowest BCUT2D eigenvalue weighted by Gasteiger charge is -2.26. The van der Waals surface area contributed by atoms with Crippen LogP contribution in [0.15, 0.2) is 66.2 Å². The Hall–Kier alpha value is -4.39. The molecule has 4 rings (SSSR count). The predicted molar refractivity (Wildman–Crippen MR) is 144 cm³/mol. The van der Waals surface area contributed by atoms with Crippen molar-refractivity contribution in [1.82, 2.24) is 4.90 Å².